The predicted molar refractivity (Wildman–Crippen MR) is 92.9 cm³/mol. The molecule has 5 nitrogen and oxygen atoms in total. The quantitative estimate of drug-likeness (QED) is 0.513. The number of benzene rings is 2. The van der Waals surface area contributed by atoms with Crippen LogP contribution in [-0.2, 0) is 6.18 Å². The monoisotopic (exact) mass is 370 g/mol. The first kappa shape index (κ1) is 17.0. The van der Waals surface area contributed by atoms with Crippen molar-refractivity contribution in [2.24, 2.45) is 0 Å². The molecule has 8 heteroatoms. The molecule has 0 aliphatic rings. The summed E-state index contributed by atoms with van der Waals surface area (Å²) in [7, 11) is 0. The summed E-state index contributed by atoms with van der Waals surface area (Å²) in [6.45, 7) is 1.96. The molecule has 0 radical (unpaired) electrons. The van der Waals surface area contributed by atoms with Crippen molar-refractivity contribution in [2.75, 3.05) is 0 Å². The zero-order chi connectivity index (χ0) is 19.0. The Bertz CT molecular complexity index is 1120. The Hall–Kier alpha value is -3.42. The van der Waals surface area contributed by atoms with Gasteiger partial charge >= 0.3 is 6.18 Å². The molecule has 0 N–H and O–H groups in total. The van der Waals surface area contributed by atoms with Gasteiger partial charge in [0.15, 0.2) is 5.65 Å². The molecule has 4 aromatic rings. The lowest BCUT2D eigenvalue weighted by atomic mass is 10.2. The van der Waals surface area contributed by atoms with Gasteiger partial charge in [-0.05, 0) is 42.8 Å². The molecule has 2 aromatic heterocycles. The Balaban J connectivity index is 1.74. The van der Waals surface area contributed by atoms with E-state index < -0.39 is 11.7 Å². The van der Waals surface area contributed by atoms with Crippen LogP contribution in [0.2, 0.25) is 0 Å². The highest BCUT2D eigenvalue weighted by atomic mass is 19.4. The van der Waals surface area contributed by atoms with Gasteiger partial charge in [0.25, 0.3) is 0 Å². The number of nitrogens with zero attached hydrogens (tertiary/aromatic N) is 4. The van der Waals surface area contributed by atoms with Crippen molar-refractivity contribution in [1.29, 1.82) is 0 Å². The molecule has 0 aliphatic carbocycles. The van der Waals surface area contributed by atoms with Crippen LogP contribution in [0.15, 0.2) is 61.1 Å². The Morgan fingerprint density at radius 2 is 1.81 bits per heavy atom. The molecule has 0 spiro atoms. The summed E-state index contributed by atoms with van der Waals surface area (Å²) < 4.78 is 45.9. The number of alkyl halides is 3. The van der Waals surface area contributed by atoms with E-state index in [2.05, 4.69) is 15.1 Å². The average molecular weight is 370 g/mol. The van der Waals surface area contributed by atoms with E-state index in [0.717, 1.165) is 23.4 Å². The van der Waals surface area contributed by atoms with Crippen molar-refractivity contribution >= 4 is 11.0 Å². The number of rotatable bonds is 3. The largest absolute Gasteiger partial charge is 0.438 e. The van der Waals surface area contributed by atoms with E-state index in [0.29, 0.717) is 11.0 Å². The fourth-order valence-electron chi connectivity index (χ4n) is 2.70. The lowest BCUT2D eigenvalue weighted by Crippen LogP contribution is -2.04. The Morgan fingerprint density at radius 1 is 1.00 bits per heavy atom. The molecule has 27 heavy (non-hydrogen) atoms. The van der Waals surface area contributed by atoms with Crippen molar-refractivity contribution < 1.29 is 17.9 Å². The van der Waals surface area contributed by atoms with Gasteiger partial charge in [-0.1, -0.05) is 18.2 Å². The van der Waals surface area contributed by atoms with Gasteiger partial charge in [-0.2, -0.15) is 18.3 Å². The van der Waals surface area contributed by atoms with Crippen LogP contribution in [-0.4, -0.2) is 19.7 Å². The van der Waals surface area contributed by atoms with Gasteiger partial charge in [0.05, 0.1) is 17.4 Å². The Labute approximate surface area is 152 Å². The third kappa shape index (κ3) is 3.33. The molecule has 0 unspecified atom stereocenters. The van der Waals surface area contributed by atoms with Crippen molar-refractivity contribution in [3.05, 3.63) is 72.2 Å². The molecule has 2 aromatic carbocycles. The van der Waals surface area contributed by atoms with Gasteiger partial charge in [-0.25, -0.2) is 14.6 Å². The van der Waals surface area contributed by atoms with Gasteiger partial charge in [-0.3, -0.25) is 0 Å². The number of aryl methyl sites for hydroxylation is 1. The molecule has 0 bridgehead atoms. The van der Waals surface area contributed by atoms with Crippen molar-refractivity contribution in [3.63, 3.8) is 0 Å². The van der Waals surface area contributed by atoms with Gasteiger partial charge < -0.3 is 4.74 Å². The van der Waals surface area contributed by atoms with Gasteiger partial charge in [0.1, 0.15) is 17.5 Å². The van der Waals surface area contributed by atoms with Crippen LogP contribution in [0.1, 0.15) is 11.1 Å². The second-order valence-electron chi connectivity index (χ2n) is 5.94. The number of halogens is 3. The highest BCUT2D eigenvalue weighted by Crippen LogP contribution is 2.33. The first-order valence-electron chi connectivity index (χ1n) is 8.03. The zero-order valence-corrected chi connectivity index (χ0v) is 14.1. The first-order chi connectivity index (χ1) is 12.9. The van der Waals surface area contributed by atoms with E-state index >= 15 is 0 Å². The molecule has 0 amide bonds. The van der Waals surface area contributed by atoms with Crippen LogP contribution in [0, 0.1) is 6.92 Å². The lowest BCUT2D eigenvalue weighted by Gasteiger charge is -2.10. The summed E-state index contributed by atoms with van der Waals surface area (Å²) in [6.07, 6.45) is -1.63. The minimum Gasteiger partial charge on any atom is -0.438 e. The third-order valence-corrected chi connectivity index (χ3v) is 3.95. The summed E-state index contributed by atoms with van der Waals surface area (Å²) in [5.41, 5.74) is 1.58. The normalized spacial score (nSPS) is 11.7. The maximum Gasteiger partial charge on any atom is 0.416 e. The summed E-state index contributed by atoms with van der Waals surface area (Å²) >= 11 is 0. The van der Waals surface area contributed by atoms with Crippen LogP contribution >= 0.6 is 0 Å². The van der Waals surface area contributed by atoms with Gasteiger partial charge in [0.2, 0.25) is 5.88 Å². The Morgan fingerprint density at radius 3 is 2.59 bits per heavy atom. The maximum atomic E-state index is 12.9. The lowest BCUT2D eigenvalue weighted by molar-refractivity contribution is -0.137. The van der Waals surface area contributed by atoms with E-state index in [-0.39, 0.29) is 11.6 Å². The highest BCUT2D eigenvalue weighted by Gasteiger charge is 2.30. The van der Waals surface area contributed by atoms with Crippen LogP contribution in [0.25, 0.3) is 16.7 Å². The second kappa shape index (κ2) is 6.39. The molecule has 0 aliphatic heterocycles. The zero-order valence-electron chi connectivity index (χ0n) is 14.1. The maximum absolute atomic E-state index is 12.9. The Kier molecular flexibility index (Phi) is 4.02. The van der Waals surface area contributed by atoms with E-state index in [1.54, 1.807) is 4.68 Å². The molecule has 0 saturated heterocycles. The summed E-state index contributed by atoms with van der Waals surface area (Å²) in [4.78, 5) is 8.29. The third-order valence-electron chi connectivity index (χ3n) is 3.95. The van der Waals surface area contributed by atoms with Crippen molar-refractivity contribution in [3.8, 4) is 17.3 Å². The smallest absolute Gasteiger partial charge is 0.416 e. The summed E-state index contributed by atoms with van der Waals surface area (Å²) in [5.74, 6) is 0.173. The van der Waals surface area contributed by atoms with Gasteiger partial charge in [0, 0.05) is 0 Å². The molecule has 0 atom stereocenters. The molecular formula is C19H13F3N4O. The number of fused-ring (bicyclic) bond motifs is 1. The number of hydrogen-bond donors (Lipinski definition) is 0. The SMILES string of the molecule is Cc1cccc(-n2ncc3c(Oc4cccc(C(F)(F)F)c4)ncnc32)c1. The molecular weight excluding hydrogens is 357 g/mol. The summed E-state index contributed by atoms with van der Waals surface area (Å²) in [6, 6.07) is 12.3. The predicted octanol–water partition coefficient (Wildman–Crippen LogP) is 4.94. The number of ether oxygens (including phenoxy) is 1. The van der Waals surface area contributed by atoms with Crippen LogP contribution in [0.3, 0.4) is 0 Å². The van der Waals surface area contributed by atoms with E-state index in [1.165, 1.54) is 24.7 Å². The van der Waals surface area contributed by atoms with Crippen LogP contribution in [0.4, 0.5) is 13.2 Å². The van der Waals surface area contributed by atoms with Crippen molar-refractivity contribution in [1.82, 2.24) is 19.7 Å². The van der Waals surface area contributed by atoms with Crippen LogP contribution < -0.4 is 4.74 Å². The molecule has 136 valence electrons. The fraction of sp³-hybridized carbons (Fsp3) is 0.105. The number of aromatic nitrogens is 4. The van der Waals surface area contributed by atoms with Crippen LogP contribution in [0.5, 0.6) is 11.6 Å². The number of hydrogen-bond acceptors (Lipinski definition) is 4. The molecule has 0 saturated carbocycles. The van der Waals surface area contributed by atoms with E-state index in [4.69, 9.17) is 4.74 Å². The summed E-state index contributed by atoms with van der Waals surface area (Å²) in [5, 5.41) is 4.82. The second-order valence-corrected chi connectivity index (χ2v) is 5.94. The average Bonchev–Trinajstić information content (AvgIpc) is 3.06. The van der Waals surface area contributed by atoms with Gasteiger partial charge in [-0.15, -0.1) is 0 Å². The fourth-order valence-corrected chi connectivity index (χ4v) is 2.70. The molecule has 0 fully saturated rings. The minimum absolute atomic E-state index is 0.0353. The van der Waals surface area contributed by atoms with Crippen molar-refractivity contribution in [2.45, 2.75) is 13.1 Å². The molecule has 2 heterocycles. The van der Waals surface area contributed by atoms with E-state index in [1.807, 2.05) is 31.2 Å². The van der Waals surface area contributed by atoms with E-state index in [9.17, 15) is 13.2 Å². The topological polar surface area (TPSA) is 52.8 Å². The standard InChI is InChI=1S/C19H13F3N4O/c1-12-4-2-6-14(8-12)26-17-16(10-25-26)18(24-11-23-17)27-15-7-3-5-13(9-15)19(20,21)22/h2-11H,1H3. The molecule has 4 rings (SSSR count). The highest BCUT2D eigenvalue weighted by molar-refractivity contribution is 5.81. The minimum atomic E-state index is -4.45. The first-order valence-corrected chi connectivity index (χ1v) is 8.03.